The highest BCUT2D eigenvalue weighted by Crippen LogP contribution is 2.47. The molecular formula is C19H16ClN3O3S. The number of nitrogens with zero attached hydrogens (tertiary/aromatic N) is 2. The summed E-state index contributed by atoms with van der Waals surface area (Å²) in [6, 6.07) is 7.54. The van der Waals surface area contributed by atoms with Crippen molar-refractivity contribution in [1.29, 1.82) is 0 Å². The van der Waals surface area contributed by atoms with Crippen LogP contribution < -0.4 is 15.0 Å². The normalized spacial score (nSPS) is 17.0. The lowest BCUT2D eigenvalue weighted by Crippen LogP contribution is -2.61. The minimum absolute atomic E-state index is 0.0166. The van der Waals surface area contributed by atoms with E-state index in [1.807, 2.05) is 23.1 Å². The highest BCUT2D eigenvalue weighted by Gasteiger charge is 2.37. The molecule has 1 saturated heterocycles. The van der Waals surface area contributed by atoms with Gasteiger partial charge in [-0.25, -0.2) is 0 Å². The summed E-state index contributed by atoms with van der Waals surface area (Å²) in [4.78, 5) is 19.8. The van der Waals surface area contributed by atoms with Gasteiger partial charge in [0.25, 0.3) is 5.91 Å². The zero-order valence-electron chi connectivity index (χ0n) is 14.2. The molecule has 8 heteroatoms. The maximum absolute atomic E-state index is 12.7. The summed E-state index contributed by atoms with van der Waals surface area (Å²) in [7, 11) is 0. The van der Waals surface area contributed by atoms with Gasteiger partial charge in [-0.3, -0.25) is 14.7 Å². The molecule has 2 aromatic heterocycles. The molecule has 0 atom stereocenters. The lowest BCUT2D eigenvalue weighted by atomic mass is 9.99. The summed E-state index contributed by atoms with van der Waals surface area (Å²) in [5.74, 6) is 0.568. The van der Waals surface area contributed by atoms with Crippen LogP contribution in [0.3, 0.4) is 0 Å². The maximum Gasteiger partial charge on any atom is 0.265 e. The molecule has 0 radical (unpaired) electrons. The SMILES string of the molecule is O=C1COc2cc(Cl)cc(-c3ccnc4cc(CO)sc34)c2N1C1CNC1. The Balaban J connectivity index is 1.77. The van der Waals surface area contributed by atoms with E-state index in [9.17, 15) is 9.90 Å². The van der Waals surface area contributed by atoms with Crippen molar-refractivity contribution in [3.63, 3.8) is 0 Å². The van der Waals surface area contributed by atoms with E-state index in [0.29, 0.717) is 10.8 Å². The molecule has 0 bridgehead atoms. The molecule has 2 N–H and O–H groups in total. The van der Waals surface area contributed by atoms with Gasteiger partial charge in [-0.2, -0.15) is 0 Å². The zero-order chi connectivity index (χ0) is 18.5. The smallest absolute Gasteiger partial charge is 0.265 e. The third-order valence-corrected chi connectivity index (χ3v) is 6.30. The fourth-order valence-electron chi connectivity index (χ4n) is 3.59. The van der Waals surface area contributed by atoms with Crippen LogP contribution in [-0.2, 0) is 11.4 Å². The summed E-state index contributed by atoms with van der Waals surface area (Å²) >= 11 is 7.87. The molecule has 2 aliphatic heterocycles. The highest BCUT2D eigenvalue weighted by atomic mass is 35.5. The maximum atomic E-state index is 12.7. The number of anilines is 1. The largest absolute Gasteiger partial charge is 0.481 e. The van der Waals surface area contributed by atoms with Crippen molar-refractivity contribution in [2.75, 3.05) is 24.6 Å². The van der Waals surface area contributed by atoms with Gasteiger partial charge in [-0.15, -0.1) is 11.3 Å². The molecule has 2 aliphatic rings. The van der Waals surface area contributed by atoms with Crippen molar-refractivity contribution >= 4 is 44.7 Å². The Morgan fingerprint density at radius 1 is 1.33 bits per heavy atom. The minimum Gasteiger partial charge on any atom is -0.481 e. The molecule has 0 spiro atoms. The van der Waals surface area contributed by atoms with Crippen LogP contribution in [0.2, 0.25) is 5.02 Å². The zero-order valence-corrected chi connectivity index (χ0v) is 15.8. The number of ether oxygens (including phenoxy) is 1. The van der Waals surface area contributed by atoms with E-state index in [2.05, 4.69) is 10.3 Å². The summed E-state index contributed by atoms with van der Waals surface area (Å²) in [6.07, 6.45) is 1.74. The predicted octanol–water partition coefficient (Wildman–Crippen LogP) is 2.81. The summed E-state index contributed by atoms with van der Waals surface area (Å²) in [5, 5.41) is 13.3. The molecule has 0 unspecified atom stereocenters. The number of benzene rings is 1. The number of thiophene rings is 1. The molecular weight excluding hydrogens is 386 g/mol. The van der Waals surface area contributed by atoms with Crippen molar-refractivity contribution in [3.8, 4) is 16.9 Å². The van der Waals surface area contributed by atoms with Crippen molar-refractivity contribution in [1.82, 2.24) is 10.3 Å². The monoisotopic (exact) mass is 401 g/mol. The van der Waals surface area contributed by atoms with Gasteiger partial charge in [-0.05, 0) is 18.2 Å². The number of rotatable bonds is 3. The summed E-state index contributed by atoms with van der Waals surface area (Å²) in [5.41, 5.74) is 3.35. The number of carbonyl (C=O) groups excluding carboxylic acids is 1. The van der Waals surface area contributed by atoms with Crippen molar-refractivity contribution < 1.29 is 14.6 Å². The highest BCUT2D eigenvalue weighted by molar-refractivity contribution is 7.19. The lowest BCUT2D eigenvalue weighted by Gasteiger charge is -2.41. The first-order valence-electron chi connectivity index (χ1n) is 8.63. The lowest BCUT2D eigenvalue weighted by molar-refractivity contribution is -0.122. The number of carbonyl (C=O) groups is 1. The number of hydrogen-bond donors (Lipinski definition) is 2. The second-order valence-electron chi connectivity index (χ2n) is 6.61. The first-order chi connectivity index (χ1) is 13.2. The molecule has 6 nitrogen and oxygen atoms in total. The quantitative estimate of drug-likeness (QED) is 0.706. The van der Waals surface area contributed by atoms with Crippen LogP contribution in [0.5, 0.6) is 5.75 Å². The van der Waals surface area contributed by atoms with Crippen LogP contribution in [0.4, 0.5) is 5.69 Å². The average Bonchev–Trinajstić information content (AvgIpc) is 3.05. The number of hydrogen-bond acceptors (Lipinski definition) is 6. The van der Waals surface area contributed by atoms with E-state index >= 15 is 0 Å². The molecule has 27 heavy (non-hydrogen) atoms. The van der Waals surface area contributed by atoms with Gasteiger partial charge in [-0.1, -0.05) is 11.6 Å². The number of pyridine rings is 1. The molecule has 4 heterocycles. The van der Waals surface area contributed by atoms with Crippen LogP contribution in [0.1, 0.15) is 4.88 Å². The van der Waals surface area contributed by atoms with Crippen LogP contribution in [0, 0.1) is 0 Å². The van der Waals surface area contributed by atoms with Crippen LogP contribution in [0.25, 0.3) is 21.3 Å². The van der Waals surface area contributed by atoms with Crippen molar-refractivity contribution in [2.45, 2.75) is 12.6 Å². The second kappa shape index (κ2) is 6.45. The van der Waals surface area contributed by atoms with Gasteiger partial charge in [0, 0.05) is 46.4 Å². The number of aromatic nitrogens is 1. The first-order valence-corrected chi connectivity index (χ1v) is 9.83. The van der Waals surface area contributed by atoms with Gasteiger partial charge in [0.1, 0.15) is 5.75 Å². The number of amides is 1. The fraction of sp³-hybridized carbons (Fsp3) is 0.263. The number of aliphatic hydroxyl groups excluding tert-OH is 1. The van der Waals surface area contributed by atoms with Crippen molar-refractivity contribution in [2.24, 2.45) is 0 Å². The predicted molar refractivity (Wildman–Crippen MR) is 106 cm³/mol. The number of fused-ring (bicyclic) bond motifs is 2. The van der Waals surface area contributed by atoms with Crippen LogP contribution in [-0.4, -0.2) is 41.7 Å². The molecule has 1 aromatic carbocycles. The van der Waals surface area contributed by atoms with Crippen LogP contribution in [0.15, 0.2) is 30.5 Å². The van der Waals surface area contributed by atoms with Gasteiger partial charge < -0.3 is 15.2 Å². The molecule has 138 valence electrons. The Hall–Kier alpha value is -2.19. The fourth-order valence-corrected chi connectivity index (χ4v) is 4.80. The first kappa shape index (κ1) is 16.9. The molecule has 1 amide bonds. The molecule has 5 rings (SSSR count). The average molecular weight is 402 g/mol. The molecule has 1 fully saturated rings. The minimum atomic E-state index is -0.0508. The van der Waals surface area contributed by atoms with Gasteiger partial charge in [0.2, 0.25) is 0 Å². The molecule has 0 saturated carbocycles. The van der Waals surface area contributed by atoms with E-state index < -0.39 is 0 Å². The Bertz CT molecular complexity index is 1060. The van der Waals surface area contributed by atoms with Gasteiger partial charge >= 0.3 is 0 Å². The van der Waals surface area contributed by atoms with E-state index in [-0.39, 0.29) is 25.2 Å². The Morgan fingerprint density at radius 3 is 2.93 bits per heavy atom. The third kappa shape index (κ3) is 2.70. The van der Waals surface area contributed by atoms with Crippen LogP contribution >= 0.6 is 22.9 Å². The van der Waals surface area contributed by atoms with Gasteiger partial charge in [0.05, 0.1) is 28.6 Å². The van der Waals surface area contributed by atoms with Gasteiger partial charge in [0.15, 0.2) is 6.61 Å². The van der Waals surface area contributed by atoms with E-state index in [1.165, 1.54) is 11.3 Å². The topological polar surface area (TPSA) is 74.7 Å². The van der Waals surface area contributed by atoms with E-state index in [1.54, 1.807) is 12.3 Å². The second-order valence-corrected chi connectivity index (χ2v) is 8.18. The third-order valence-electron chi connectivity index (χ3n) is 4.93. The Morgan fingerprint density at radius 2 is 2.19 bits per heavy atom. The number of aliphatic hydroxyl groups is 1. The number of halogens is 1. The Kier molecular flexibility index (Phi) is 4.05. The molecule has 3 aromatic rings. The Labute approximate surface area is 164 Å². The van der Waals surface area contributed by atoms with E-state index in [0.717, 1.165) is 45.0 Å². The summed E-state index contributed by atoms with van der Waals surface area (Å²) < 4.78 is 6.67. The summed E-state index contributed by atoms with van der Waals surface area (Å²) in [6.45, 7) is 1.50. The molecule has 0 aliphatic carbocycles. The van der Waals surface area contributed by atoms with Crippen molar-refractivity contribution in [3.05, 3.63) is 40.4 Å². The number of nitrogens with one attached hydrogen (secondary N) is 1. The standard InChI is InChI=1S/C19H16ClN3O3S/c20-10-3-14(13-1-2-22-15-5-12(8-24)27-19(13)15)18-16(4-10)26-9-17(25)23(18)11-6-21-7-11/h1-5,11,21,24H,6-9H2. The van der Waals surface area contributed by atoms with E-state index in [4.69, 9.17) is 16.3 Å².